The number of rotatable bonds is 11. The Balaban J connectivity index is 1.16. The van der Waals surface area contributed by atoms with Crippen LogP contribution in [0, 0.1) is 11.3 Å². The summed E-state index contributed by atoms with van der Waals surface area (Å²) in [5, 5.41) is 14.5. The van der Waals surface area contributed by atoms with E-state index in [4.69, 9.17) is 19.2 Å². The molecular formula is C26H27N3O4. The predicted molar refractivity (Wildman–Crippen MR) is 126 cm³/mol. The van der Waals surface area contributed by atoms with Crippen LogP contribution < -0.4 is 10.1 Å². The molecule has 0 aliphatic carbocycles. The highest BCUT2D eigenvalue weighted by atomic mass is 16.5. The summed E-state index contributed by atoms with van der Waals surface area (Å²) in [4.78, 5) is 15.1. The van der Waals surface area contributed by atoms with Gasteiger partial charge in [-0.3, -0.25) is 0 Å². The number of benzene rings is 2. The third kappa shape index (κ3) is 5.54. The van der Waals surface area contributed by atoms with E-state index in [1.807, 2.05) is 36.5 Å². The molecule has 2 heterocycles. The zero-order valence-corrected chi connectivity index (χ0v) is 18.6. The number of furan rings is 1. The molecule has 2 aromatic heterocycles. The molecule has 33 heavy (non-hydrogen) atoms. The smallest absolute Gasteiger partial charge is 0.374 e. The maximum absolute atomic E-state index is 11.8. The fraction of sp³-hybridized carbons (Fsp3) is 0.308. The number of unbranched alkanes of at least 4 members (excludes halogenated alkanes) is 1. The topological polar surface area (TPSA) is 100 Å². The number of esters is 1. The molecule has 0 atom stereocenters. The molecular weight excluding hydrogens is 418 g/mol. The molecule has 0 saturated carbocycles. The van der Waals surface area contributed by atoms with E-state index in [1.165, 1.54) is 5.56 Å². The second-order valence-corrected chi connectivity index (χ2v) is 7.77. The fourth-order valence-corrected chi connectivity index (χ4v) is 3.80. The van der Waals surface area contributed by atoms with E-state index in [9.17, 15) is 4.79 Å². The molecule has 4 rings (SSSR count). The van der Waals surface area contributed by atoms with Crippen molar-refractivity contribution in [2.45, 2.75) is 26.2 Å². The standard InChI is InChI=1S/C26H27N3O4/c1-2-31-26(30)25-15-20-14-21(7-9-24(20)33-25)32-12-11-28-10-4-3-5-19-17-29-23-8-6-18(16-27)13-22(19)23/h6-9,13-15,17,28-29H,2-5,10-12H2,1H3. The number of nitrogens with zero attached hydrogens (tertiary/aromatic N) is 1. The lowest BCUT2D eigenvalue weighted by Gasteiger charge is -2.07. The maximum atomic E-state index is 11.8. The van der Waals surface area contributed by atoms with Crippen LogP contribution in [0.1, 0.15) is 41.4 Å². The Bertz CT molecular complexity index is 1280. The van der Waals surface area contributed by atoms with Gasteiger partial charge in [-0.25, -0.2) is 4.79 Å². The largest absolute Gasteiger partial charge is 0.492 e. The van der Waals surface area contributed by atoms with Gasteiger partial charge in [0.1, 0.15) is 17.9 Å². The number of hydrogen-bond acceptors (Lipinski definition) is 6. The number of nitriles is 1. The number of fused-ring (bicyclic) bond motifs is 2. The summed E-state index contributed by atoms with van der Waals surface area (Å²) in [6, 6.07) is 15.1. The molecule has 0 spiro atoms. The van der Waals surface area contributed by atoms with E-state index in [-0.39, 0.29) is 5.76 Å². The van der Waals surface area contributed by atoms with Crippen molar-refractivity contribution < 1.29 is 18.7 Å². The van der Waals surface area contributed by atoms with Crippen molar-refractivity contribution in [2.75, 3.05) is 26.3 Å². The van der Waals surface area contributed by atoms with E-state index >= 15 is 0 Å². The van der Waals surface area contributed by atoms with Crippen molar-refractivity contribution in [3.8, 4) is 11.8 Å². The van der Waals surface area contributed by atoms with Crippen LogP contribution in [0.15, 0.2) is 53.1 Å². The first-order valence-corrected chi connectivity index (χ1v) is 11.2. The average Bonchev–Trinajstić information content (AvgIpc) is 3.44. The van der Waals surface area contributed by atoms with Gasteiger partial charge in [0.2, 0.25) is 5.76 Å². The summed E-state index contributed by atoms with van der Waals surface area (Å²) < 4.78 is 16.3. The van der Waals surface area contributed by atoms with Gasteiger partial charge in [-0.2, -0.15) is 5.26 Å². The maximum Gasteiger partial charge on any atom is 0.374 e. The third-order valence-electron chi connectivity index (χ3n) is 5.46. The van der Waals surface area contributed by atoms with Gasteiger partial charge < -0.3 is 24.2 Å². The van der Waals surface area contributed by atoms with Crippen molar-refractivity contribution >= 4 is 27.8 Å². The Labute approximate surface area is 192 Å². The highest BCUT2D eigenvalue weighted by Crippen LogP contribution is 2.25. The summed E-state index contributed by atoms with van der Waals surface area (Å²) in [7, 11) is 0. The van der Waals surface area contributed by atoms with Gasteiger partial charge in [0, 0.05) is 29.0 Å². The number of aryl methyl sites for hydroxylation is 1. The number of carbonyl (C=O) groups excluding carboxylic acids is 1. The Morgan fingerprint density at radius 3 is 2.91 bits per heavy atom. The summed E-state index contributed by atoms with van der Waals surface area (Å²) in [6.45, 7) is 4.28. The number of ether oxygens (including phenoxy) is 2. The van der Waals surface area contributed by atoms with Gasteiger partial charge in [0.25, 0.3) is 0 Å². The minimum Gasteiger partial charge on any atom is -0.492 e. The summed E-state index contributed by atoms with van der Waals surface area (Å²) >= 11 is 0. The number of hydrogen-bond donors (Lipinski definition) is 2. The lowest BCUT2D eigenvalue weighted by Crippen LogP contribution is -2.22. The van der Waals surface area contributed by atoms with Gasteiger partial charge >= 0.3 is 5.97 Å². The van der Waals surface area contributed by atoms with Crippen LogP contribution >= 0.6 is 0 Å². The van der Waals surface area contributed by atoms with E-state index in [1.54, 1.807) is 19.1 Å². The second kappa shape index (κ2) is 10.7. The van der Waals surface area contributed by atoms with Crippen LogP contribution in [0.3, 0.4) is 0 Å². The molecule has 7 heteroatoms. The minimum absolute atomic E-state index is 0.198. The van der Waals surface area contributed by atoms with Gasteiger partial charge in [-0.15, -0.1) is 0 Å². The van der Waals surface area contributed by atoms with Crippen LogP contribution in [0.2, 0.25) is 0 Å². The van der Waals surface area contributed by atoms with Crippen LogP contribution in [-0.2, 0) is 11.2 Å². The first kappa shape index (κ1) is 22.4. The van der Waals surface area contributed by atoms with Crippen molar-refractivity contribution in [1.82, 2.24) is 10.3 Å². The van der Waals surface area contributed by atoms with E-state index in [0.29, 0.717) is 24.4 Å². The minimum atomic E-state index is -0.461. The SMILES string of the molecule is CCOC(=O)c1cc2cc(OCCNCCCCc3c[nH]c4ccc(C#N)cc34)ccc2o1. The first-order valence-electron chi connectivity index (χ1n) is 11.2. The molecule has 2 aromatic carbocycles. The van der Waals surface area contributed by atoms with E-state index in [2.05, 4.69) is 16.4 Å². The molecule has 2 N–H and O–H groups in total. The molecule has 0 bridgehead atoms. The van der Waals surface area contributed by atoms with Crippen LogP contribution in [-0.4, -0.2) is 37.3 Å². The molecule has 0 amide bonds. The monoisotopic (exact) mass is 445 g/mol. The number of H-pyrrole nitrogens is 1. The van der Waals surface area contributed by atoms with Crippen molar-refractivity contribution in [1.29, 1.82) is 5.26 Å². The number of carbonyl (C=O) groups is 1. The average molecular weight is 446 g/mol. The summed E-state index contributed by atoms with van der Waals surface area (Å²) in [5.41, 5.74) is 3.65. The van der Waals surface area contributed by atoms with Crippen LogP contribution in [0.25, 0.3) is 21.9 Å². The zero-order chi connectivity index (χ0) is 23.0. The van der Waals surface area contributed by atoms with Crippen molar-refractivity contribution in [3.63, 3.8) is 0 Å². The van der Waals surface area contributed by atoms with Gasteiger partial charge in [-0.05, 0) is 80.8 Å². The second-order valence-electron chi connectivity index (χ2n) is 7.77. The lowest BCUT2D eigenvalue weighted by molar-refractivity contribution is 0.0492. The van der Waals surface area contributed by atoms with Gasteiger partial charge in [-0.1, -0.05) is 0 Å². The molecule has 0 saturated heterocycles. The van der Waals surface area contributed by atoms with E-state index < -0.39 is 5.97 Å². The van der Waals surface area contributed by atoms with Crippen molar-refractivity contribution in [3.05, 3.63) is 65.5 Å². The lowest BCUT2D eigenvalue weighted by atomic mass is 10.1. The predicted octanol–water partition coefficient (Wildman–Crippen LogP) is 4.95. The highest BCUT2D eigenvalue weighted by molar-refractivity contribution is 5.93. The fourth-order valence-electron chi connectivity index (χ4n) is 3.80. The summed E-state index contributed by atoms with van der Waals surface area (Å²) in [5.74, 6) is 0.470. The van der Waals surface area contributed by atoms with Crippen LogP contribution in [0.5, 0.6) is 5.75 Å². The number of aromatic nitrogens is 1. The Hall–Kier alpha value is -3.76. The molecule has 4 aromatic rings. The Morgan fingerprint density at radius 2 is 2.06 bits per heavy atom. The molecule has 0 aliphatic heterocycles. The van der Waals surface area contributed by atoms with E-state index in [0.717, 1.165) is 54.4 Å². The molecule has 170 valence electrons. The van der Waals surface area contributed by atoms with Gasteiger partial charge in [0.05, 0.1) is 18.2 Å². The quantitative estimate of drug-likeness (QED) is 0.250. The Kier molecular flexibility index (Phi) is 7.28. The molecule has 0 aliphatic rings. The molecule has 0 fully saturated rings. The number of nitrogens with one attached hydrogen (secondary N) is 2. The molecule has 7 nitrogen and oxygen atoms in total. The molecule has 0 unspecified atom stereocenters. The number of aromatic amines is 1. The highest BCUT2D eigenvalue weighted by Gasteiger charge is 2.13. The first-order chi connectivity index (χ1) is 16.2. The molecule has 0 radical (unpaired) electrons. The van der Waals surface area contributed by atoms with Crippen LogP contribution in [0.4, 0.5) is 0 Å². The Morgan fingerprint density at radius 1 is 1.15 bits per heavy atom. The van der Waals surface area contributed by atoms with Gasteiger partial charge in [0.15, 0.2) is 0 Å². The normalized spacial score (nSPS) is 11.0. The zero-order valence-electron chi connectivity index (χ0n) is 18.6. The van der Waals surface area contributed by atoms with Crippen molar-refractivity contribution in [2.24, 2.45) is 0 Å². The third-order valence-corrected chi connectivity index (χ3v) is 5.46. The summed E-state index contributed by atoms with van der Waals surface area (Å²) in [6.07, 6.45) is 5.14.